The van der Waals surface area contributed by atoms with Crippen molar-refractivity contribution in [3.8, 4) is 0 Å². The second kappa shape index (κ2) is 8.86. The van der Waals surface area contributed by atoms with E-state index in [2.05, 4.69) is 16.7 Å². The molecule has 0 aromatic heterocycles. The second-order valence-electron chi connectivity index (χ2n) is 4.74. The Kier molecular flexibility index (Phi) is 7.77. The van der Waals surface area contributed by atoms with Crippen molar-refractivity contribution in [3.05, 3.63) is 0 Å². The molecule has 1 aliphatic heterocycles. The summed E-state index contributed by atoms with van der Waals surface area (Å²) < 4.78 is 10.3. The monoisotopic (exact) mass is 244 g/mol. The summed E-state index contributed by atoms with van der Waals surface area (Å²) in [6.07, 6.45) is 2.37. The van der Waals surface area contributed by atoms with Crippen molar-refractivity contribution in [1.29, 1.82) is 0 Å². The van der Waals surface area contributed by atoms with Gasteiger partial charge < -0.3 is 14.4 Å². The fraction of sp³-hybridized carbons (Fsp3) is 1.00. The van der Waals surface area contributed by atoms with E-state index in [0.29, 0.717) is 6.04 Å². The van der Waals surface area contributed by atoms with Gasteiger partial charge in [0.25, 0.3) is 0 Å². The molecule has 0 amide bonds. The lowest BCUT2D eigenvalue weighted by Crippen LogP contribution is -2.53. The molecule has 1 atom stereocenters. The van der Waals surface area contributed by atoms with Gasteiger partial charge in [-0.25, -0.2) is 0 Å². The van der Waals surface area contributed by atoms with Gasteiger partial charge >= 0.3 is 0 Å². The highest BCUT2D eigenvalue weighted by Crippen LogP contribution is 2.12. The average molecular weight is 244 g/mol. The van der Waals surface area contributed by atoms with Crippen LogP contribution >= 0.6 is 0 Å². The Labute approximate surface area is 106 Å². The summed E-state index contributed by atoms with van der Waals surface area (Å²) in [4.78, 5) is 5.13. The summed E-state index contributed by atoms with van der Waals surface area (Å²) in [5.74, 6) is 0. The van der Waals surface area contributed by atoms with Crippen LogP contribution < -0.4 is 0 Å². The number of nitrogens with zero attached hydrogens (tertiary/aromatic N) is 2. The molecular formula is C13H28N2O2. The third kappa shape index (κ3) is 5.34. The van der Waals surface area contributed by atoms with Gasteiger partial charge in [0.15, 0.2) is 0 Å². The fourth-order valence-electron chi connectivity index (χ4n) is 2.48. The molecule has 0 aromatic carbocycles. The van der Waals surface area contributed by atoms with Gasteiger partial charge in [0.1, 0.15) is 0 Å². The lowest BCUT2D eigenvalue weighted by molar-refractivity contribution is 0.0460. The summed E-state index contributed by atoms with van der Waals surface area (Å²) in [5, 5.41) is 0. The Balaban J connectivity index is 2.27. The smallest absolute Gasteiger partial charge is 0.0589 e. The maximum Gasteiger partial charge on any atom is 0.0589 e. The molecule has 102 valence electrons. The van der Waals surface area contributed by atoms with Crippen LogP contribution in [0.5, 0.6) is 0 Å². The number of ether oxygens (including phenoxy) is 2. The van der Waals surface area contributed by atoms with Crippen LogP contribution in [-0.4, -0.2) is 76.0 Å². The maximum absolute atomic E-state index is 5.17. The lowest BCUT2D eigenvalue weighted by Gasteiger charge is -2.41. The topological polar surface area (TPSA) is 24.9 Å². The lowest BCUT2D eigenvalue weighted by atomic mass is 10.1. The van der Waals surface area contributed by atoms with Gasteiger partial charge in [0.05, 0.1) is 6.61 Å². The van der Waals surface area contributed by atoms with Crippen molar-refractivity contribution >= 4 is 0 Å². The largest absolute Gasteiger partial charge is 0.385 e. The van der Waals surface area contributed by atoms with Crippen molar-refractivity contribution < 1.29 is 9.47 Å². The summed E-state index contributed by atoms with van der Waals surface area (Å²) >= 11 is 0. The minimum atomic E-state index is 0.696. The zero-order chi connectivity index (χ0) is 12.5. The van der Waals surface area contributed by atoms with Gasteiger partial charge in [-0.05, 0) is 12.8 Å². The molecule has 1 rings (SSSR count). The van der Waals surface area contributed by atoms with Gasteiger partial charge in [-0.15, -0.1) is 0 Å². The molecule has 0 unspecified atom stereocenters. The molecule has 1 aliphatic rings. The molecule has 1 saturated heterocycles. The first-order valence-corrected chi connectivity index (χ1v) is 6.76. The molecule has 1 heterocycles. The molecule has 0 radical (unpaired) electrons. The Bertz CT molecular complexity index is 190. The Hall–Kier alpha value is -0.160. The van der Waals surface area contributed by atoms with Crippen LogP contribution in [0.1, 0.15) is 19.8 Å². The van der Waals surface area contributed by atoms with Gasteiger partial charge in [-0.3, -0.25) is 4.90 Å². The van der Waals surface area contributed by atoms with E-state index in [9.17, 15) is 0 Å². The first kappa shape index (κ1) is 14.9. The van der Waals surface area contributed by atoms with Crippen molar-refractivity contribution in [2.24, 2.45) is 0 Å². The van der Waals surface area contributed by atoms with Crippen LogP contribution in [-0.2, 0) is 9.47 Å². The Morgan fingerprint density at radius 2 is 1.82 bits per heavy atom. The Morgan fingerprint density at radius 1 is 1.06 bits per heavy atom. The van der Waals surface area contributed by atoms with E-state index in [4.69, 9.17) is 9.47 Å². The van der Waals surface area contributed by atoms with Gasteiger partial charge in [0, 0.05) is 59.6 Å². The highest BCUT2D eigenvalue weighted by atomic mass is 16.5. The number of hydrogen-bond acceptors (Lipinski definition) is 4. The molecule has 4 heteroatoms. The van der Waals surface area contributed by atoms with Crippen LogP contribution in [0, 0.1) is 0 Å². The third-order valence-corrected chi connectivity index (χ3v) is 3.57. The molecule has 0 spiro atoms. The summed E-state index contributed by atoms with van der Waals surface area (Å²) in [7, 11) is 3.56. The van der Waals surface area contributed by atoms with Crippen molar-refractivity contribution in [2.75, 3.05) is 60.2 Å². The molecule has 0 aromatic rings. The van der Waals surface area contributed by atoms with Crippen LogP contribution in [0.2, 0.25) is 0 Å². The SMILES string of the molecule is CC[C@@H]1CN(CCCOC)CCN1CCOC. The van der Waals surface area contributed by atoms with Crippen molar-refractivity contribution in [3.63, 3.8) is 0 Å². The van der Waals surface area contributed by atoms with E-state index in [1.54, 1.807) is 14.2 Å². The minimum Gasteiger partial charge on any atom is -0.385 e. The zero-order valence-corrected chi connectivity index (χ0v) is 11.7. The molecule has 17 heavy (non-hydrogen) atoms. The average Bonchev–Trinajstić information content (AvgIpc) is 2.37. The van der Waals surface area contributed by atoms with Crippen LogP contribution in [0.3, 0.4) is 0 Å². The van der Waals surface area contributed by atoms with E-state index in [0.717, 1.165) is 26.2 Å². The van der Waals surface area contributed by atoms with E-state index in [1.807, 2.05) is 0 Å². The molecule has 0 bridgehead atoms. The summed E-state index contributed by atoms with van der Waals surface area (Å²) in [6.45, 7) is 9.80. The van der Waals surface area contributed by atoms with Gasteiger partial charge in [-0.1, -0.05) is 6.92 Å². The predicted molar refractivity (Wildman–Crippen MR) is 70.5 cm³/mol. The predicted octanol–water partition coefficient (Wildman–Crippen LogP) is 1.07. The maximum atomic E-state index is 5.17. The van der Waals surface area contributed by atoms with E-state index >= 15 is 0 Å². The number of piperazine rings is 1. The highest BCUT2D eigenvalue weighted by molar-refractivity contribution is 4.81. The van der Waals surface area contributed by atoms with Crippen LogP contribution in [0.25, 0.3) is 0 Å². The molecule has 0 aliphatic carbocycles. The summed E-state index contributed by atoms with van der Waals surface area (Å²) in [6, 6.07) is 0.696. The molecule has 1 fully saturated rings. The van der Waals surface area contributed by atoms with Crippen LogP contribution in [0.15, 0.2) is 0 Å². The van der Waals surface area contributed by atoms with E-state index in [1.165, 1.54) is 32.6 Å². The third-order valence-electron chi connectivity index (χ3n) is 3.57. The Morgan fingerprint density at radius 3 is 2.47 bits per heavy atom. The summed E-state index contributed by atoms with van der Waals surface area (Å²) in [5.41, 5.74) is 0. The second-order valence-corrected chi connectivity index (χ2v) is 4.74. The molecule has 0 saturated carbocycles. The quantitative estimate of drug-likeness (QED) is 0.596. The zero-order valence-electron chi connectivity index (χ0n) is 11.7. The normalized spacial score (nSPS) is 23.1. The highest BCUT2D eigenvalue weighted by Gasteiger charge is 2.24. The number of methoxy groups -OCH3 is 2. The standard InChI is InChI=1S/C13H28N2O2/c1-4-13-12-14(6-5-10-16-2)7-8-15(13)9-11-17-3/h13H,4-12H2,1-3H3/t13-/m1/s1. The van der Waals surface area contributed by atoms with Gasteiger partial charge in [-0.2, -0.15) is 0 Å². The molecule has 4 nitrogen and oxygen atoms in total. The first-order valence-electron chi connectivity index (χ1n) is 6.76. The van der Waals surface area contributed by atoms with Crippen LogP contribution in [0.4, 0.5) is 0 Å². The first-order chi connectivity index (χ1) is 8.31. The van der Waals surface area contributed by atoms with Crippen molar-refractivity contribution in [1.82, 2.24) is 9.80 Å². The van der Waals surface area contributed by atoms with Crippen molar-refractivity contribution in [2.45, 2.75) is 25.8 Å². The fourth-order valence-corrected chi connectivity index (χ4v) is 2.48. The molecular weight excluding hydrogens is 216 g/mol. The number of rotatable bonds is 8. The number of hydrogen-bond donors (Lipinski definition) is 0. The van der Waals surface area contributed by atoms with E-state index in [-0.39, 0.29) is 0 Å². The van der Waals surface area contributed by atoms with Gasteiger partial charge in [0.2, 0.25) is 0 Å². The van der Waals surface area contributed by atoms with E-state index < -0.39 is 0 Å². The molecule has 0 N–H and O–H groups in total. The minimum absolute atomic E-state index is 0.696.